The molecule has 0 bridgehead atoms. The third kappa shape index (κ3) is 3.86. The maximum absolute atomic E-state index is 13.6. The fraction of sp³-hybridized carbons (Fsp3) is 0.333. The van der Waals surface area contributed by atoms with Crippen molar-refractivity contribution in [2.75, 3.05) is 31.9 Å². The number of hydrogen-bond donors (Lipinski definition) is 0. The van der Waals surface area contributed by atoms with Crippen molar-refractivity contribution in [2.24, 2.45) is 0 Å². The Morgan fingerprint density at radius 3 is 2.54 bits per heavy atom. The van der Waals surface area contributed by atoms with E-state index in [9.17, 15) is 9.59 Å². The van der Waals surface area contributed by atoms with E-state index < -0.39 is 0 Å². The van der Waals surface area contributed by atoms with Crippen LogP contribution in [0.3, 0.4) is 0 Å². The molecule has 0 aliphatic carbocycles. The van der Waals surface area contributed by atoms with Crippen LogP contribution in [0.1, 0.15) is 47.1 Å². The fourth-order valence-electron chi connectivity index (χ4n) is 5.10. The van der Waals surface area contributed by atoms with Gasteiger partial charge >= 0.3 is 198 Å². The number of nitrogens with zero attached hydrogens (tertiary/aromatic N) is 3. The van der Waals surface area contributed by atoms with Crippen molar-refractivity contribution in [3.63, 3.8) is 0 Å². The van der Waals surface area contributed by atoms with E-state index in [1.54, 1.807) is 6.20 Å². The van der Waals surface area contributed by atoms with Gasteiger partial charge in [-0.25, -0.2) is 0 Å². The number of hydrogen-bond acceptors (Lipinski definition) is 5. The third-order valence-corrected chi connectivity index (χ3v) is 8.96. The van der Waals surface area contributed by atoms with Crippen LogP contribution in [0, 0.1) is 0 Å². The standard InChI is InChI=1S/C25H23N3O4Se.C2H6/c1-31-24-19(29)10-11-27-23(24)25(30)26-12-13-32-14-21(26)28(27)22-17-7-3-2-6-16(17)15-33-20-9-5-4-8-18(20)22;1-2/h2-11,21-22H,12-15H2,1H3;1-2H3/t21-,22+;/m1./s1. The van der Waals surface area contributed by atoms with Gasteiger partial charge in [0.25, 0.3) is 0 Å². The second-order valence-corrected chi connectivity index (χ2v) is 10.4. The Morgan fingerprint density at radius 2 is 1.74 bits per heavy atom. The molecule has 3 aliphatic rings. The number of rotatable bonds is 2. The number of carbonyl (C=O) groups is 1. The van der Waals surface area contributed by atoms with Crippen LogP contribution >= 0.6 is 0 Å². The molecule has 1 saturated heterocycles. The Morgan fingerprint density at radius 1 is 1.00 bits per heavy atom. The average molecular weight is 539 g/mol. The normalized spacial score (nSPS) is 20.4. The molecule has 1 amide bonds. The second-order valence-electron chi connectivity index (χ2n) is 8.27. The summed E-state index contributed by atoms with van der Waals surface area (Å²) in [4.78, 5) is 28.0. The first-order chi connectivity index (χ1) is 17.2. The molecule has 0 N–H and O–H groups in total. The van der Waals surface area contributed by atoms with Gasteiger partial charge in [-0.1, -0.05) is 13.8 Å². The van der Waals surface area contributed by atoms with E-state index in [0.717, 1.165) is 5.32 Å². The average Bonchev–Trinajstić information content (AvgIpc) is 3.07. The van der Waals surface area contributed by atoms with E-state index in [-0.39, 0.29) is 35.0 Å². The summed E-state index contributed by atoms with van der Waals surface area (Å²) in [6, 6.07) is 18.4. The van der Waals surface area contributed by atoms with Crippen molar-refractivity contribution in [3.05, 3.63) is 93.4 Å². The summed E-state index contributed by atoms with van der Waals surface area (Å²) in [5.41, 5.74) is 3.73. The predicted molar refractivity (Wildman–Crippen MR) is 136 cm³/mol. The summed E-state index contributed by atoms with van der Waals surface area (Å²) in [6.07, 6.45) is 1.40. The number of ether oxygens (including phenoxy) is 2. The second kappa shape index (κ2) is 9.90. The molecule has 6 rings (SSSR count). The first kappa shape index (κ1) is 23.7. The Balaban J connectivity index is 0.00000124. The van der Waals surface area contributed by atoms with Gasteiger partial charge in [-0.05, 0) is 0 Å². The summed E-state index contributed by atoms with van der Waals surface area (Å²) in [5.74, 6) is -0.120. The zero-order chi connectivity index (χ0) is 24.5. The number of benzene rings is 2. The monoisotopic (exact) mass is 539 g/mol. The summed E-state index contributed by atoms with van der Waals surface area (Å²) in [5, 5.41) is 3.21. The van der Waals surface area contributed by atoms with Crippen molar-refractivity contribution in [1.82, 2.24) is 9.58 Å². The van der Waals surface area contributed by atoms with Crippen molar-refractivity contribution in [3.8, 4) is 5.75 Å². The third-order valence-electron chi connectivity index (χ3n) is 6.57. The zero-order valence-corrected chi connectivity index (χ0v) is 21.9. The number of methoxy groups -OCH3 is 1. The molecule has 4 heterocycles. The molecule has 182 valence electrons. The quantitative estimate of drug-likeness (QED) is 0.469. The molecule has 1 aromatic heterocycles. The van der Waals surface area contributed by atoms with Crippen molar-refractivity contribution in [2.45, 2.75) is 31.4 Å². The molecular weight excluding hydrogens is 509 g/mol. The van der Waals surface area contributed by atoms with Gasteiger partial charge in [0.05, 0.1) is 0 Å². The molecule has 3 aromatic rings. The van der Waals surface area contributed by atoms with Crippen LogP contribution < -0.4 is 19.6 Å². The molecule has 0 unspecified atom stereocenters. The Kier molecular flexibility index (Phi) is 6.69. The van der Waals surface area contributed by atoms with Crippen LogP contribution in [0.4, 0.5) is 0 Å². The molecule has 2 aromatic carbocycles. The Labute approximate surface area is 211 Å². The fourth-order valence-corrected chi connectivity index (χ4v) is 7.39. The van der Waals surface area contributed by atoms with E-state index >= 15 is 0 Å². The van der Waals surface area contributed by atoms with Crippen LogP contribution in [0.5, 0.6) is 5.75 Å². The van der Waals surface area contributed by atoms with Crippen molar-refractivity contribution < 1.29 is 14.3 Å². The Bertz CT molecular complexity index is 1260. The van der Waals surface area contributed by atoms with Crippen LogP contribution in [-0.2, 0) is 10.1 Å². The minimum absolute atomic E-state index is 0.0804. The van der Waals surface area contributed by atoms with Gasteiger partial charge in [0.15, 0.2) is 0 Å². The van der Waals surface area contributed by atoms with Gasteiger partial charge in [0.2, 0.25) is 0 Å². The van der Waals surface area contributed by atoms with E-state index in [1.807, 2.05) is 23.4 Å². The first-order valence-corrected chi connectivity index (χ1v) is 14.0. The van der Waals surface area contributed by atoms with Gasteiger partial charge in [-0.3, -0.25) is 0 Å². The number of pyridine rings is 1. The first-order valence-electron chi connectivity index (χ1n) is 12.0. The van der Waals surface area contributed by atoms with E-state index in [0.29, 0.717) is 34.7 Å². The van der Waals surface area contributed by atoms with Crippen LogP contribution in [-0.4, -0.2) is 63.5 Å². The molecule has 1 fully saturated rings. The number of amides is 1. The Hall–Kier alpha value is -3.06. The van der Waals surface area contributed by atoms with Crippen LogP contribution in [0.2, 0.25) is 0 Å². The molecule has 0 radical (unpaired) electrons. The van der Waals surface area contributed by atoms with Gasteiger partial charge in [0, 0.05) is 0 Å². The number of aromatic nitrogens is 1. The minimum atomic E-state index is -0.303. The SMILES string of the molecule is CC.COc1c2n(ccc1=O)N([C@H]1c3ccccc3C[Se]c3ccccc31)[C@@H]1COCCN1C2=O. The van der Waals surface area contributed by atoms with E-state index in [4.69, 9.17) is 9.47 Å². The summed E-state index contributed by atoms with van der Waals surface area (Å²) >= 11 is 0.292. The molecule has 0 saturated carbocycles. The van der Waals surface area contributed by atoms with Crippen molar-refractivity contribution in [1.29, 1.82) is 0 Å². The number of morpholine rings is 1. The van der Waals surface area contributed by atoms with Gasteiger partial charge in [0.1, 0.15) is 0 Å². The summed E-state index contributed by atoms with van der Waals surface area (Å²) < 4.78 is 14.5. The van der Waals surface area contributed by atoms with Crippen LogP contribution in [0.25, 0.3) is 0 Å². The molecule has 8 heteroatoms. The van der Waals surface area contributed by atoms with E-state index in [1.165, 1.54) is 34.3 Å². The van der Waals surface area contributed by atoms with Gasteiger partial charge in [-0.2, -0.15) is 0 Å². The summed E-state index contributed by atoms with van der Waals surface area (Å²) in [6.45, 7) is 5.33. The predicted octanol–water partition coefficient (Wildman–Crippen LogP) is 2.27. The molecule has 3 aliphatic heterocycles. The molecule has 2 atom stereocenters. The topological polar surface area (TPSA) is 64.0 Å². The molecular formula is C27H29N3O4Se. The van der Waals surface area contributed by atoms with Crippen LogP contribution in [0.15, 0.2) is 65.6 Å². The van der Waals surface area contributed by atoms with E-state index in [2.05, 4.69) is 53.5 Å². The number of carbonyl (C=O) groups excluding carboxylic acids is 1. The van der Waals surface area contributed by atoms with Crippen molar-refractivity contribution >= 4 is 25.3 Å². The maximum atomic E-state index is 13.6. The van der Waals surface area contributed by atoms with Gasteiger partial charge < -0.3 is 0 Å². The van der Waals surface area contributed by atoms with Gasteiger partial charge in [-0.15, -0.1) is 0 Å². The summed E-state index contributed by atoms with van der Waals surface area (Å²) in [7, 11) is 1.44. The molecule has 0 spiro atoms. The molecule has 35 heavy (non-hydrogen) atoms. The number of fused-ring (bicyclic) bond motifs is 4. The molecule has 7 nitrogen and oxygen atoms in total. The zero-order valence-electron chi connectivity index (χ0n) is 20.1.